The highest BCUT2D eigenvalue weighted by Gasteiger charge is 2.44. The molecule has 3 heterocycles. The van der Waals surface area contributed by atoms with Crippen LogP contribution >= 0.6 is 0 Å². The number of benzene rings is 2. The van der Waals surface area contributed by atoms with Gasteiger partial charge in [-0.3, -0.25) is 9.59 Å². The molecule has 2 atom stereocenters. The van der Waals surface area contributed by atoms with Gasteiger partial charge in [0.05, 0.1) is 24.4 Å². The summed E-state index contributed by atoms with van der Waals surface area (Å²) in [6.45, 7) is 0. The first kappa shape index (κ1) is 25.3. The number of methoxy groups -OCH3 is 1. The van der Waals surface area contributed by atoms with Crippen molar-refractivity contribution in [2.75, 3.05) is 7.11 Å². The van der Waals surface area contributed by atoms with Gasteiger partial charge >= 0.3 is 5.97 Å². The highest BCUT2D eigenvalue weighted by molar-refractivity contribution is 6.05. The second-order valence-electron chi connectivity index (χ2n) is 9.34. The largest absolute Gasteiger partial charge is 0.465 e. The molecule has 196 valence electrons. The van der Waals surface area contributed by atoms with E-state index >= 15 is 0 Å². The van der Waals surface area contributed by atoms with Crippen molar-refractivity contribution in [3.05, 3.63) is 89.1 Å². The Morgan fingerprint density at radius 1 is 0.921 bits per heavy atom. The van der Waals surface area contributed by atoms with E-state index in [0.29, 0.717) is 12.8 Å². The van der Waals surface area contributed by atoms with Crippen LogP contribution in [0.3, 0.4) is 0 Å². The molecule has 2 fully saturated rings. The van der Waals surface area contributed by atoms with E-state index in [1.165, 1.54) is 31.4 Å². The summed E-state index contributed by atoms with van der Waals surface area (Å²) in [4.78, 5) is 44.5. The highest BCUT2D eigenvalue weighted by atomic mass is 19.1. The van der Waals surface area contributed by atoms with E-state index in [1.54, 1.807) is 29.2 Å². The van der Waals surface area contributed by atoms with Crippen LogP contribution in [0.4, 0.5) is 8.78 Å². The zero-order chi connectivity index (χ0) is 26.8. The van der Waals surface area contributed by atoms with Gasteiger partial charge in [-0.2, -0.15) is 0 Å². The smallest absolute Gasteiger partial charge is 0.338 e. The minimum absolute atomic E-state index is 0.0906. The number of hydrogen-bond donors (Lipinski definition) is 1. The van der Waals surface area contributed by atoms with Gasteiger partial charge in [-0.25, -0.2) is 18.6 Å². The molecule has 0 aliphatic carbocycles. The summed E-state index contributed by atoms with van der Waals surface area (Å²) in [5.74, 6) is -2.39. The second kappa shape index (κ2) is 10.6. The summed E-state index contributed by atoms with van der Waals surface area (Å²) < 4.78 is 37.7. The van der Waals surface area contributed by atoms with Gasteiger partial charge in [0, 0.05) is 18.1 Å². The summed E-state index contributed by atoms with van der Waals surface area (Å²) in [5, 5.41) is 2.94. The summed E-state index contributed by atoms with van der Waals surface area (Å²) in [5.41, 5.74) is 0.404. The van der Waals surface area contributed by atoms with E-state index in [1.807, 2.05) is 0 Å². The summed E-state index contributed by atoms with van der Waals surface area (Å²) in [6, 6.07) is 12.2. The molecular weight excluding hydrogens is 496 g/mol. The first-order valence-corrected chi connectivity index (χ1v) is 12.2. The van der Waals surface area contributed by atoms with E-state index in [4.69, 9.17) is 9.47 Å². The monoisotopic (exact) mass is 521 g/mol. The lowest BCUT2D eigenvalue weighted by atomic mass is 9.95. The fourth-order valence-corrected chi connectivity index (χ4v) is 5.27. The maximum absolute atomic E-state index is 14.0. The van der Waals surface area contributed by atoms with Crippen LogP contribution in [0.15, 0.2) is 60.8 Å². The normalized spacial score (nSPS) is 20.1. The Labute approximate surface area is 217 Å². The van der Waals surface area contributed by atoms with Crippen LogP contribution in [0.1, 0.15) is 56.8 Å². The summed E-state index contributed by atoms with van der Waals surface area (Å²) >= 11 is 0. The van der Waals surface area contributed by atoms with Gasteiger partial charge in [-0.05, 0) is 68.1 Å². The molecule has 2 bridgehead atoms. The van der Waals surface area contributed by atoms with Crippen LogP contribution in [0, 0.1) is 11.6 Å². The average molecular weight is 522 g/mol. The molecule has 8 nitrogen and oxygen atoms in total. The Morgan fingerprint density at radius 2 is 1.58 bits per heavy atom. The number of hydrogen-bond acceptors (Lipinski definition) is 6. The molecule has 2 aromatic carbocycles. The van der Waals surface area contributed by atoms with E-state index < -0.39 is 23.5 Å². The highest BCUT2D eigenvalue weighted by Crippen LogP contribution is 2.37. The Hall–Kier alpha value is -4.34. The Balaban J connectivity index is 1.30. The fraction of sp³-hybridized carbons (Fsp3) is 0.286. The van der Waals surface area contributed by atoms with Gasteiger partial charge in [-0.15, -0.1) is 0 Å². The van der Waals surface area contributed by atoms with Crippen molar-refractivity contribution in [1.82, 2.24) is 15.2 Å². The first-order valence-electron chi connectivity index (χ1n) is 12.2. The van der Waals surface area contributed by atoms with Crippen molar-refractivity contribution < 1.29 is 32.6 Å². The number of carbonyl (C=O) groups excluding carboxylic acids is 3. The van der Waals surface area contributed by atoms with Crippen LogP contribution in [-0.2, 0) is 4.74 Å². The zero-order valence-electron chi connectivity index (χ0n) is 20.5. The summed E-state index contributed by atoms with van der Waals surface area (Å²) in [7, 11) is 1.27. The molecule has 0 saturated carbocycles. The number of pyridine rings is 1. The lowest BCUT2D eigenvalue weighted by Gasteiger charge is -2.39. The number of carbonyl (C=O) groups is 3. The van der Waals surface area contributed by atoms with Crippen molar-refractivity contribution in [3.8, 4) is 11.6 Å². The van der Waals surface area contributed by atoms with E-state index in [-0.39, 0.29) is 52.4 Å². The minimum atomic E-state index is -0.702. The van der Waals surface area contributed by atoms with Gasteiger partial charge in [0.25, 0.3) is 11.8 Å². The Kier molecular flexibility index (Phi) is 7.04. The first-order chi connectivity index (χ1) is 18.3. The third-order valence-corrected chi connectivity index (χ3v) is 6.96. The van der Waals surface area contributed by atoms with Crippen LogP contribution < -0.4 is 10.1 Å². The predicted octanol–water partition coefficient (Wildman–Crippen LogP) is 4.50. The number of nitrogens with one attached hydrogen (secondary N) is 1. The molecule has 2 aliphatic heterocycles. The number of esters is 1. The number of aromatic nitrogens is 1. The van der Waals surface area contributed by atoms with Gasteiger partial charge in [0.2, 0.25) is 5.88 Å². The topological polar surface area (TPSA) is 97.8 Å². The maximum Gasteiger partial charge on any atom is 0.338 e. The maximum atomic E-state index is 14.0. The van der Waals surface area contributed by atoms with E-state index in [9.17, 15) is 23.2 Å². The number of ether oxygens (including phenoxy) is 2. The molecule has 2 saturated heterocycles. The van der Waals surface area contributed by atoms with Crippen molar-refractivity contribution in [1.29, 1.82) is 0 Å². The van der Waals surface area contributed by atoms with Gasteiger partial charge < -0.3 is 19.7 Å². The minimum Gasteiger partial charge on any atom is -0.465 e. The third-order valence-electron chi connectivity index (χ3n) is 6.96. The van der Waals surface area contributed by atoms with Gasteiger partial charge in [-0.1, -0.05) is 12.1 Å². The molecule has 38 heavy (non-hydrogen) atoms. The molecule has 0 spiro atoms. The summed E-state index contributed by atoms with van der Waals surface area (Å²) in [6.07, 6.45) is 3.48. The van der Waals surface area contributed by atoms with Crippen molar-refractivity contribution in [2.45, 2.75) is 43.8 Å². The molecule has 2 unspecified atom stereocenters. The number of halogens is 2. The number of rotatable bonds is 6. The van der Waals surface area contributed by atoms with Crippen molar-refractivity contribution >= 4 is 17.8 Å². The lowest BCUT2D eigenvalue weighted by Crippen LogP contribution is -2.52. The van der Waals surface area contributed by atoms with Crippen molar-refractivity contribution in [3.63, 3.8) is 0 Å². The molecule has 3 aromatic rings. The van der Waals surface area contributed by atoms with Crippen LogP contribution in [-0.4, -0.2) is 52.9 Å². The molecule has 2 amide bonds. The molecule has 2 aliphatic rings. The third kappa shape index (κ3) is 5.06. The number of piperidine rings is 1. The standard InChI is InChI=1S/C28H25F2N3O5/c1-37-28(36)23-5-3-2-4-22(23)27(35)33-19-8-9-20(33)14-18(13-19)32-25(34)24-12-17(30)15-31-26(24)38-21-10-6-16(29)7-11-21/h2-7,10-12,15,18-20H,8-9,13-14H2,1H3,(H,32,34). The van der Waals surface area contributed by atoms with E-state index in [0.717, 1.165) is 25.1 Å². The molecule has 0 radical (unpaired) electrons. The quantitative estimate of drug-likeness (QED) is 0.480. The zero-order valence-corrected chi connectivity index (χ0v) is 20.5. The molecule has 1 aromatic heterocycles. The molecule has 1 N–H and O–H groups in total. The van der Waals surface area contributed by atoms with Gasteiger partial charge in [0.1, 0.15) is 22.9 Å². The van der Waals surface area contributed by atoms with E-state index in [2.05, 4.69) is 10.3 Å². The molecular formula is C28H25F2N3O5. The van der Waals surface area contributed by atoms with Crippen LogP contribution in [0.2, 0.25) is 0 Å². The fourth-order valence-electron chi connectivity index (χ4n) is 5.27. The Bertz CT molecular complexity index is 1370. The Morgan fingerprint density at radius 3 is 2.24 bits per heavy atom. The average Bonchev–Trinajstić information content (AvgIpc) is 3.19. The molecule has 10 heteroatoms. The number of nitrogens with zero attached hydrogens (tertiary/aromatic N) is 2. The number of fused-ring (bicyclic) bond motifs is 2. The van der Waals surface area contributed by atoms with Gasteiger partial charge in [0.15, 0.2) is 0 Å². The molecule has 5 rings (SSSR count). The van der Waals surface area contributed by atoms with Crippen LogP contribution in [0.25, 0.3) is 0 Å². The van der Waals surface area contributed by atoms with Crippen molar-refractivity contribution in [2.24, 2.45) is 0 Å². The lowest BCUT2D eigenvalue weighted by molar-refractivity contribution is 0.0524. The SMILES string of the molecule is COC(=O)c1ccccc1C(=O)N1C2CCC1CC(NC(=O)c1cc(F)cnc1Oc1ccc(F)cc1)C2. The van der Waals surface area contributed by atoms with Crippen LogP contribution in [0.5, 0.6) is 11.6 Å². The predicted molar refractivity (Wildman–Crippen MR) is 132 cm³/mol. The number of amides is 2. The second-order valence-corrected chi connectivity index (χ2v) is 9.34.